The highest BCUT2D eigenvalue weighted by atomic mass is 15.3. The van der Waals surface area contributed by atoms with Gasteiger partial charge < -0.3 is 10.6 Å². The molecule has 1 heterocycles. The summed E-state index contributed by atoms with van der Waals surface area (Å²) in [5, 5.41) is 0. The zero-order valence-electron chi connectivity index (χ0n) is 9.98. The molecule has 0 radical (unpaired) electrons. The molecule has 2 N–H and O–H groups in total. The standard InChI is InChI=1S/C13H19N3/c1-3-13(2)10-15-12(14)16(13)9-11-7-5-4-6-8-11/h4-8H,3,9-10H2,1-2H3,(H2,14,15). The van der Waals surface area contributed by atoms with E-state index in [9.17, 15) is 0 Å². The van der Waals surface area contributed by atoms with Crippen molar-refractivity contribution >= 4 is 5.96 Å². The van der Waals surface area contributed by atoms with Crippen LogP contribution in [0.25, 0.3) is 0 Å². The van der Waals surface area contributed by atoms with Crippen LogP contribution in [0.15, 0.2) is 35.3 Å². The van der Waals surface area contributed by atoms with E-state index in [1.165, 1.54) is 5.56 Å². The fraction of sp³-hybridized carbons (Fsp3) is 0.462. The lowest BCUT2D eigenvalue weighted by atomic mass is 9.97. The van der Waals surface area contributed by atoms with E-state index in [0.29, 0.717) is 5.96 Å². The average Bonchev–Trinajstić information content (AvgIpc) is 2.60. The average molecular weight is 217 g/mol. The van der Waals surface area contributed by atoms with E-state index in [-0.39, 0.29) is 5.54 Å². The predicted octanol–water partition coefficient (Wildman–Crippen LogP) is 1.99. The molecule has 0 amide bonds. The van der Waals surface area contributed by atoms with Gasteiger partial charge in [-0.15, -0.1) is 0 Å². The molecule has 0 aliphatic carbocycles. The summed E-state index contributed by atoms with van der Waals surface area (Å²) in [6.45, 7) is 6.06. The Hall–Kier alpha value is -1.51. The number of aliphatic imine (C=N–C) groups is 1. The van der Waals surface area contributed by atoms with Gasteiger partial charge in [-0.3, -0.25) is 4.99 Å². The van der Waals surface area contributed by atoms with Crippen molar-refractivity contribution in [3.63, 3.8) is 0 Å². The maximum absolute atomic E-state index is 5.95. The van der Waals surface area contributed by atoms with E-state index in [1.54, 1.807) is 0 Å². The molecule has 86 valence electrons. The van der Waals surface area contributed by atoms with Crippen LogP contribution in [0.3, 0.4) is 0 Å². The molecule has 1 unspecified atom stereocenters. The van der Waals surface area contributed by atoms with Crippen LogP contribution in [0, 0.1) is 0 Å². The van der Waals surface area contributed by atoms with Crippen LogP contribution in [0.5, 0.6) is 0 Å². The molecule has 0 saturated carbocycles. The summed E-state index contributed by atoms with van der Waals surface area (Å²) >= 11 is 0. The molecule has 16 heavy (non-hydrogen) atoms. The Morgan fingerprint density at radius 2 is 2.06 bits per heavy atom. The van der Waals surface area contributed by atoms with Gasteiger partial charge in [0, 0.05) is 6.54 Å². The van der Waals surface area contributed by atoms with Crippen LogP contribution in [-0.2, 0) is 6.54 Å². The third kappa shape index (κ3) is 1.90. The SMILES string of the molecule is CCC1(C)CN=C(N)N1Cc1ccccc1. The van der Waals surface area contributed by atoms with Crippen molar-refractivity contribution in [2.24, 2.45) is 10.7 Å². The molecule has 1 aromatic carbocycles. The molecular formula is C13H19N3. The Morgan fingerprint density at radius 3 is 2.69 bits per heavy atom. The monoisotopic (exact) mass is 217 g/mol. The van der Waals surface area contributed by atoms with Gasteiger partial charge in [-0.2, -0.15) is 0 Å². The maximum atomic E-state index is 5.95. The van der Waals surface area contributed by atoms with Crippen molar-refractivity contribution in [1.29, 1.82) is 0 Å². The molecule has 2 rings (SSSR count). The van der Waals surface area contributed by atoms with Crippen molar-refractivity contribution in [2.45, 2.75) is 32.4 Å². The van der Waals surface area contributed by atoms with Crippen LogP contribution in [-0.4, -0.2) is 22.9 Å². The van der Waals surface area contributed by atoms with Crippen LogP contribution < -0.4 is 5.73 Å². The van der Waals surface area contributed by atoms with Gasteiger partial charge in [0.1, 0.15) is 0 Å². The first kappa shape index (κ1) is 11.0. The molecule has 1 aromatic rings. The molecule has 3 nitrogen and oxygen atoms in total. The van der Waals surface area contributed by atoms with Crippen LogP contribution in [0.2, 0.25) is 0 Å². The van der Waals surface area contributed by atoms with Gasteiger partial charge in [0.25, 0.3) is 0 Å². The van der Waals surface area contributed by atoms with Crippen molar-refractivity contribution in [2.75, 3.05) is 6.54 Å². The van der Waals surface area contributed by atoms with Gasteiger partial charge >= 0.3 is 0 Å². The Balaban J connectivity index is 2.17. The minimum absolute atomic E-state index is 0.0833. The summed E-state index contributed by atoms with van der Waals surface area (Å²) in [7, 11) is 0. The summed E-state index contributed by atoms with van der Waals surface area (Å²) in [6, 6.07) is 10.4. The summed E-state index contributed by atoms with van der Waals surface area (Å²) < 4.78 is 0. The van der Waals surface area contributed by atoms with Gasteiger partial charge in [0.15, 0.2) is 5.96 Å². The fourth-order valence-electron chi connectivity index (χ4n) is 2.04. The highest BCUT2D eigenvalue weighted by Crippen LogP contribution is 2.26. The van der Waals surface area contributed by atoms with Crippen LogP contribution in [0.4, 0.5) is 0 Å². The topological polar surface area (TPSA) is 41.6 Å². The zero-order valence-corrected chi connectivity index (χ0v) is 9.98. The Bertz CT molecular complexity index is 385. The van der Waals surface area contributed by atoms with Gasteiger partial charge in [0.05, 0.1) is 12.1 Å². The summed E-state index contributed by atoms with van der Waals surface area (Å²) in [5.41, 5.74) is 7.32. The summed E-state index contributed by atoms with van der Waals surface area (Å²) in [6.07, 6.45) is 1.06. The minimum Gasteiger partial charge on any atom is -0.370 e. The molecular weight excluding hydrogens is 198 g/mol. The number of hydrogen-bond acceptors (Lipinski definition) is 3. The molecule has 0 fully saturated rings. The quantitative estimate of drug-likeness (QED) is 0.841. The molecule has 1 aliphatic heterocycles. The number of nitrogens with two attached hydrogens (primary N) is 1. The van der Waals surface area contributed by atoms with Crippen molar-refractivity contribution < 1.29 is 0 Å². The van der Waals surface area contributed by atoms with Crippen LogP contribution in [0.1, 0.15) is 25.8 Å². The van der Waals surface area contributed by atoms with Crippen molar-refractivity contribution in [1.82, 2.24) is 4.90 Å². The Kier molecular flexibility index (Phi) is 2.86. The van der Waals surface area contributed by atoms with Gasteiger partial charge in [-0.25, -0.2) is 0 Å². The third-order valence-corrected chi connectivity index (χ3v) is 3.46. The van der Waals surface area contributed by atoms with Crippen LogP contribution >= 0.6 is 0 Å². The van der Waals surface area contributed by atoms with E-state index in [2.05, 4.69) is 48.0 Å². The first-order valence-corrected chi connectivity index (χ1v) is 5.77. The second-order valence-electron chi connectivity index (χ2n) is 4.60. The number of hydrogen-bond donors (Lipinski definition) is 1. The molecule has 0 spiro atoms. The molecule has 0 bridgehead atoms. The lowest BCUT2D eigenvalue weighted by molar-refractivity contribution is 0.208. The van der Waals surface area contributed by atoms with E-state index < -0.39 is 0 Å². The van der Waals surface area contributed by atoms with Crippen molar-refractivity contribution in [3.05, 3.63) is 35.9 Å². The minimum atomic E-state index is 0.0833. The molecule has 0 aromatic heterocycles. The van der Waals surface area contributed by atoms with E-state index in [1.807, 2.05) is 6.07 Å². The van der Waals surface area contributed by atoms with E-state index in [0.717, 1.165) is 19.5 Å². The van der Waals surface area contributed by atoms with E-state index >= 15 is 0 Å². The largest absolute Gasteiger partial charge is 0.370 e. The lowest BCUT2D eigenvalue weighted by Crippen LogP contribution is -2.48. The predicted molar refractivity (Wildman–Crippen MR) is 67.2 cm³/mol. The highest BCUT2D eigenvalue weighted by molar-refractivity contribution is 5.80. The van der Waals surface area contributed by atoms with Gasteiger partial charge in [-0.05, 0) is 18.9 Å². The first-order chi connectivity index (χ1) is 7.65. The van der Waals surface area contributed by atoms with Gasteiger partial charge in [-0.1, -0.05) is 37.3 Å². The summed E-state index contributed by atoms with van der Waals surface area (Å²) in [5.74, 6) is 0.674. The molecule has 1 atom stereocenters. The zero-order chi connectivity index (χ0) is 11.6. The molecule has 0 saturated heterocycles. The Morgan fingerprint density at radius 1 is 1.38 bits per heavy atom. The highest BCUT2D eigenvalue weighted by Gasteiger charge is 2.35. The number of guanidine groups is 1. The van der Waals surface area contributed by atoms with Gasteiger partial charge in [0.2, 0.25) is 0 Å². The lowest BCUT2D eigenvalue weighted by Gasteiger charge is -2.35. The second-order valence-corrected chi connectivity index (χ2v) is 4.60. The molecule has 1 aliphatic rings. The smallest absolute Gasteiger partial charge is 0.192 e. The summed E-state index contributed by atoms with van der Waals surface area (Å²) in [4.78, 5) is 6.57. The number of rotatable bonds is 3. The first-order valence-electron chi connectivity index (χ1n) is 5.77. The van der Waals surface area contributed by atoms with E-state index in [4.69, 9.17) is 5.73 Å². The number of nitrogens with zero attached hydrogens (tertiary/aromatic N) is 2. The number of benzene rings is 1. The fourth-order valence-corrected chi connectivity index (χ4v) is 2.04. The third-order valence-electron chi connectivity index (χ3n) is 3.46. The Labute approximate surface area is 97.0 Å². The normalized spacial score (nSPS) is 24.6. The van der Waals surface area contributed by atoms with Crippen molar-refractivity contribution in [3.8, 4) is 0 Å². The second kappa shape index (κ2) is 4.16. The maximum Gasteiger partial charge on any atom is 0.192 e. The molecule has 3 heteroatoms.